The Bertz CT molecular complexity index is 1980. The fourth-order valence-corrected chi connectivity index (χ4v) is 8.62. The molecule has 0 aliphatic carbocycles. The van der Waals surface area contributed by atoms with Crippen LogP contribution < -0.4 is 9.64 Å². The van der Waals surface area contributed by atoms with Gasteiger partial charge in [-0.25, -0.2) is 4.68 Å². The van der Waals surface area contributed by atoms with E-state index in [-0.39, 0.29) is 25.7 Å². The normalized spacial score (nSPS) is 25.2. The number of nitrogens with zero attached hydrogens (tertiary/aromatic N) is 6. The molecule has 3 amide bonds. The van der Waals surface area contributed by atoms with Crippen LogP contribution in [-0.2, 0) is 25.8 Å². The van der Waals surface area contributed by atoms with Gasteiger partial charge in [0, 0.05) is 18.8 Å². The molecule has 2 unspecified atom stereocenters. The third-order valence-electron chi connectivity index (χ3n) is 10.8. The summed E-state index contributed by atoms with van der Waals surface area (Å²) in [7, 11) is 0. The van der Waals surface area contributed by atoms with Crippen LogP contribution >= 0.6 is 0 Å². The summed E-state index contributed by atoms with van der Waals surface area (Å²) in [6, 6.07) is 21.8. The van der Waals surface area contributed by atoms with E-state index in [1.54, 1.807) is 38.8 Å². The molecule has 52 heavy (non-hydrogen) atoms. The van der Waals surface area contributed by atoms with Gasteiger partial charge in [-0.1, -0.05) is 59.8 Å². The Hall–Kier alpha value is -5.33. The Morgan fingerprint density at radius 2 is 1.73 bits per heavy atom. The van der Waals surface area contributed by atoms with Crippen LogP contribution in [-0.4, -0.2) is 91.2 Å². The summed E-state index contributed by atoms with van der Waals surface area (Å²) < 4.78 is 14.2. The number of fused-ring (bicyclic) bond motifs is 2. The summed E-state index contributed by atoms with van der Waals surface area (Å²) in [5, 5.41) is 19.5. The number of aliphatic hydroxyl groups is 1. The molecule has 12 heteroatoms. The van der Waals surface area contributed by atoms with Gasteiger partial charge < -0.3 is 29.3 Å². The Morgan fingerprint density at radius 1 is 1.02 bits per heavy atom. The number of para-hydroxylation sites is 1. The van der Waals surface area contributed by atoms with Crippen molar-refractivity contribution >= 4 is 34.4 Å². The van der Waals surface area contributed by atoms with Crippen LogP contribution in [0.15, 0.2) is 104 Å². The molecular formula is C40H44N6O6. The largest absolute Gasteiger partial charge is 0.494 e. The number of aromatic nitrogens is 3. The maximum absolute atomic E-state index is 15.2. The molecule has 3 saturated heterocycles. The van der Waals surface area contributed by atoms with E-state index in [9.17, 15) is 9.90 Å². The van der Waals surface area contributed by atoms with Crippen LogP contribution in [0.4, 0.5) is 5.69 Å². The van der Waals surface area contributed by atoms with Gasteiger partial charge in [-0.15, -0.1) is 18.3 Å². The number of aliphatic hydroxyl groups excluding tert-OH is 1. The molecule has 4 heterocycles. The molecule has 3 aliphatic heterocycles. The summed E-state index contributed by atoms with van der Waals surface area (Å²) in [6.45, 7) is 12.0. The van der Waals surface area contributed by atoms with Gasteiger partial charge in [0.2, 0.25) is 17.7 Å². The first-order valence-corrected chi connectivity index (χ1v) is 17.7. The fourth-order valence-electron chi connectivity index (χ4n) is 8.62. The quantitative estimate of drug-likeness (QED) is 0.190. The first-order chi connectivity index (χ1) is 25.2. The maximum Gasteiger partial charge on any atom is 0.250 e. The van der Waals surface area contributed by atoms with Gasteiger partial charge >= 0.3 is 0 Å². The number of anilines is 1. The third-order valence-corrected chi connectivity index (χ3v) is 10.8. The highest BCUT2D eigenvalue weighted by atomic mass is 16.5. The van der Waals surface area contributed by atoms with Crippen LogP contribution in [0.3, 0.4) is 0 Å². The van der Waals surface area contributed by atoms with E-state index in [4.69, 9.17) is 9.47 Å². The second-order valence-corrected chi connectivity index (χ2v) is 13.8. The predicted octanol–water partition coefficient (Wildman–Crippen LogP) is 4.52. The lowest BCUT2D eigenvalue weighted by molar-refractivity contribution is -0.156. The van der Waals surface area contributed by atoms with E-state index in [1.807, 2.05) is 80.6 Å². The van der Waals surface area contributed by atoms with E-state index in [1.165, 1.54) is 4.90 Å². The van der Waals surface area contributed by atoms with Crippen molar-refractivity contribution in [3.63, 3.8) is 0 Å². The summed E-state index contributed by atoms with van der Waals surface area (Å²) in [4.78, 5) is 49.9. The second kappa shape index (κ2) is 14.0. The van der Waals surface area contributed by atoms with Crippen LogP contribution in [0.25, 0.3) is 11.0 Å². The lowest BCUT2D eigenvalue weighted by Crippen LogP contribution is -2.57. The zero-order valence-corrected chi connectivity index (χ0v) is 29.5. The minimum absolute atomic E-state index is 0.0320. The number of carbonyl (C=O) groups is 3. The van der Waals surface area contributed by atoms with Crippen LogP contribution in [0.1, 0.15) is 38.3 Å². The van der Waals surface area contributed by atoms with Crippen molar-refractivity contribution in [2.24, 2.45) is 11.8 Å². The molecule has 270 valence electrons. The van der Waals surface area contributed by atoms with Crippen molar-refractivity contribution in [1.29, 1.82) is 0 Å². The lowest BCUT2D eigenvalue weighted by atomic mass is 9.66. The van der Waals surface area contributed by atoms with Crippen LogP contribution in [0.5, 0.6) is 5.75 Å². The highest BCUT2D eigenvalue weighted by Gasteiger charge is 2.79. The average Bonchev–Trinajstić information content (AvgIpc) is 3.87. The van der Waals surface area contributed by atoms with E-state index in [0.29, 0.717) is 42.0 Å². The molecular weight excluding hydrogens is 660 g/mol. The minimum atomic E-state index is -1.34. The molecule has 2 bridgehead atoms. The van der Waals surface area contributed by atoms with Crippen LogP contribution in [0, 0.1) is 11.8 Å². The Labute approximate surface area is 302 Å². The minimum Gasteiger partial charge on any atom is -0.494 e. The summed E-state index contributed by atoms with van der Waals surface area (Å²) in [6.07, 6.45) is 4.11. The lowest BCUT2D eigenvalue weighted by Gasteiger charge is -2.39. The second-order valence-electron chi connectivity index (χ2n) is 13.8. The van der Waals surface area contributed by atoms with E-state index < -0.39 is 53.5 Å². The summed E-state index contributed by atoms with van der Waals surface area (Å²) >= 11 is 0. The number of hydrogen-bond acceptors (Lipinski definition) is 8. The summed E-state index contributed by atoms with van der Waals surface area (Å²) in [5.74, 6) is -2.32. The maximum atomic E-state index is 15.2. The molecule has 1 N–H and O–H groups in total. The van der Waals surface area contributed by atoms with Gasteiger partial charge in [0.05, 0.1) is 42.2 Å². The molecule has 3 aliphatic rings. The van der Waals surface area contributed by atoms with Crippen molar-refractivity contribution < 1.29 is 29.0 Å². The molecule has 6 atom stereocenters. The van der Waals surface area contributed by atoms with Gasteiger partial charge in [0.25, 0.3) is 0 Å². The highest BCUT2D eigenvalue weighted by molar-refractivity contribution is 6.03. The van der Waals surface area contributed by atoms with Gasteiger partial charge in [-0.2, -0.15) is 0 Å². The van der Waals surface area contributed by atoms with Crippen molar-refractivity contribution in [1.82, 2.24) is 24.8 Å². The van der Waals surface area contributed by atoms with Gasteiger partial charge in [0.15, 0.2) is 0 Å². The smallest absolute Gasteiger partial charge is 0.250 e. The molecule has 0 saturated carbocycles. The van der Waals surface area contributed by atoms with Gasteiger partial charge in [-0.3, -0.25) is 14.4 Å². The van der Waals surface area contributed by atoms with Crippen molar-refractivity contribution in [2.45, 2.75) is 56.6 Å². The van der Waals surface area contributed by atoms with Crippen molar-refractivity contribution in [3.8, 4) is 5.75 Å². The molecule has 4 aromatic rings. The fraction of sp³-hybridized carbons (Fsp3) is 0.375. The number of hydrogen-bond donors (Lipinski definition) is 1. The monoisotopic (exact) mass is 704 g/mol. The molecule has 7 rings (SSSR count). The number of carbonyl (C=O) groups excluding carboxylic acids is 3. The molecule has 12 nitrogen and oxygen atoms in total. The highest BCUT2D eigenvalue weighted by Crippen LogP contribution is 2.64. The van der Waals surface area contributed by atoms with Crippen molar-refractivity contribution in [3.05, 3.63) is 110 Å². The van der Waals surface area contributed by atoms with Crippen molar-refractivity contribution in [2.75, 3.05) is 31.2 Å². The number of likely N-dealkylation sites (tertiary alicyclic amines) is 1. The standard InChI is InChI=1S/C40H44N6O6/c1-5-23-43(26-45-31-16-12-11-15-30(31)41-42-45)38(50)35-40-22-21-39(4,52-40)33(34(40)37(49)46(35)32(25-47)27-13-9-8-10-14-27)36(48)44(24-6-2)28-17-19-29(20-18-28)51-7-3/h5-6,8-20,32-35,47H,1-2,7,21-26H2,3-4H3/t32-,33-,34+,35?,39+,40?/m1/s1. The zero-order chi connectivity index (χ0) is 36.6. The Morgan fingerprint density at radius 3 is 2.42 bits per heavy atom. The Kier molecular flexibility index (Phi) is 9.45. The molecule has 0 radical (unpaired) electrons. The Balaban J connectivity index is 1.32. The van der Waals surface area contributed by atoms with Gasteiger partial charge in [0.1, 0.15) is 29.6 Å². The molecule has 3 aromatic carbocycles. The van der Waals surface area contributed by atoms with E-state index >= 15 is 9.59 Å². The SMILES string of the molecule is C=CCN(Cn1nnc2ccccc21)C(=O)C1N([C@H](CO)c2ccccc2)C(=O)[C@@H]2[C@H](C(=O)N(CC=C)c3ccc(OCC)cc3)[C@]3(C)CCC12O3. The first-order valence-electron chi connectivity index (χ1n) is 17.7. The first kappa shape index (κ1) is 35.1. The number of benzene rings is 3. The molecule has 3 fully saturated rings. The summed E-state index contributed by atoms with van der Waals surface area (Å²) in [5.41, 5.74) is 0.339. The number of amides is 3. The van der Waals surface area contributed by atoms with Crippen LogP contribution in [0.2, 0.25) is 0 Å². The molecule has 1 aromatic heterocycles. The topological polar surface area (TPSA) is 130 Å². The van der Waals surface area contributed by atoms with Gasteiger partial charge in [-0.05, 0) is 68.7 Å². The molecule has 1 spiro atoms. The predicted molar refractivity (Wildman–Crippen MR) is 195 cm³/mol. The number of ether oxygens (including phenoxy) is 2. The average molecular weight is 705 g/mol. The zero-order valence-electron chi connectivity index (χ0n) is 29.5. The van der Waals surface area contributed by atoms with E-state index in [2.05, 4.69) is 23.5 Å². The third kappa shape index (κ3) is 5.66. The number of rotatable bonds is 14. The van der Waals surface area contributed by atoms with E-state index in [0.717, 1.165) is 5.52 Å².